The summed E-state index contributed by atoms with van der Waals surface area (Å²) in [6.07, 6.45) is 4.71. The van der Waals surface area contributed by atoms with Gasteiger partial charge in [0.15, 0.2) is 0 Å². The van der Waals surface area contributed by atoms with E-state index in [-0.39, 0.29) is 5.91 Å². The molecule has 0 aromatic heterocycles. The van der Waals surface area contributed by atoms with E-state index in [2.05, 4.69) is 12.2 Å². The Morgan fingerprint density at radius 1 is 1.50 bits per heavy atom. The molecule has 0 aromatic rings. The van der Waals surface area contributed by atoms with Crippen LogP contribution < -0.4 is 5.32 Å². The van der Waals surface area contributed by atoms with Crippen LogP contribution in [0.1, 0.15) is 39.5 Å². The van der Waals surface area contributed by atoms with E-state index in [0.29, 0.717) is 5.92 Å². The van der Waals surface area contributed by atoms with Gasteiger partial charge in [-0.15, -0.1) is 0 Å². The van der Waals surface area contributed by atoms with Crippen LogP contribution in [0.3, 0.4) is 0 Å². The van der Waals surface area contributed by atoms with Crippen molar-refractivity contribution in [3.63, 3.8) is 0 Å². The van der Waals surface area contributed by atoms with Crippen LogP contribution in [-0.4, -0.2) is 12.5 Å². The molecule has 1 saturated carbocycles. The highest BCUT2D eigenvalue weighted by Gasteiger charge is 2.24. The normalized spacial score (nSPS) is 29.8. The van der Waals surface area contributed by atoms with Crippen molar-refractivity contribution in [3.05, 3.63) is 0 Å². The van der Waals surface area contributed by atoms with E-state index in [1.807, 2.05) is 6.92 Å². The van der Waals surface area contributed by atoms with Gasteiger partial charge in [-0.3, -0.25) is 4.79 Å². The van der Waals surface area contributed by atoms with Crippen LogP contribution in [0.2, 0.25) is 0 Å². The van der Waals surface area contributed by atoms with Gasteiger partial charge < -0.3 is 5.32 Å². The molecule has 12 heavy (non-hydrogen) atoms. The zero-order valence-electron chi connectivity index (χ0n) is 8.10. The molecule has 0 radical (unpaired) electrons. The van der Waals surface area contributed by atoms with Gasteiger partial charge in [0.2, 0.25) is 5.91 Å². The van der Waals surface area contributed by atoms with Crippen molar-refractivity contribution in [2.75, 3.05) is 6.54 Å². The summed E-state index contributed by atoms with van der Waals surface area (Å²) in [4.78, 5) is 11.4. The maximum atomic E-state index is 11.4. The molecule has 1 rings (SSSR count). The Kier molecular flexibility index (Phi) is 3.57. The highest BCUT2D eigenvalue weighted by molar-refractivity contribution is 5.78. The van der Waals surface area contributed by atoms with Crippen molar-refractivity contribution in [2.24, 2.45) is 11.8 Å². The first-order valence-electron chi connectivity index (χ1n) is 5.01. The van der Waals surface area contributed by atoms with Gasteiger partial charge in [0.25, 0.3) is 0 Å². The van der Waals surface area contributed by atoms with Gasteiger partial charge in [-0.05, 0) is 25.7 Å². The molecule has 0 aromatic carbocycles. The largest absolute Gasteiger partial charge is 0.356 e. The summed E-state index contributed by atoms with van der Waals surface area (Å²) in [5.74, 6) is 1.31. The molecule has 70 valence electrons. The predicted octanol–water partition coefficient (Wildman–Crippen LogP) is 1.95. The number of amides is 1. The molecular formula is C10H19NO. The van der Waals surface area contributed by atoms with Crippen LogP contribution in [0.4, 0.5) is 0 Å². The van der Waals surface area contributed by atoms with Gasteiger partial charge >= 0.3 is 0 Å². The van der Waals surface area contributed by atoms with Crippen molar-refractivity contribution in [2.45, 2.75) is 39.5 Å². The molecule has 0 saturated heterocycles. The minimum absolute atomic E-state index is 0.268. The standard InChI is InChI=1S/C10H19NO/c1-3-11-10(12)9-6-4-5-8(2)7-9/h8-9H,3-7H2,1-2H3,(H,11,12)/t8-,9?/m0/s1. The molecule has 1 aliphatic carbocycles. The average molecular weight is 169 g/mol. The fourth-order valence-corrected chi connectivity index (χ4v) is 1.99. The second-order valence-corrected chi connectivity index (χ2v) is 3.86. The van der Waals surface area contributed by atoms with Crippen LogP contribution >= 0.6 is 0 Å². The molecule has 2 heteroatoms. The number of hydrogen-bond acceptors (Lipinski definition) is 1. The third-order valence-corrected chi connectivity index (χ3v) is 2.66. The van der Waals surface area contributed by atoms with Gasteiger partial charge in [-0.1, -0.05) is 19.8 Å². The minimum atomic E-state index is 0.268. The van der Waals surface area contributed by atoms with Gasteiger partial charge in [-0.25, -0.2) is 0 Å². The Balaban J connectivity index is 2.35. The molecular weight excluding hydrogens is 150 g/mol. The molecule has 1 amide bonds. The number of hydrogen-bond donors (Lipinski definition) is 1. The molecule has 0 aliphatic heterocycles. The highest BCUT2D eigenvalue weighted by atomic mass is 16.1. The topological polar surface area (TPSA) is 29.1 Å². The fourth-order valence-electron chi connectivity index (χ4n) is 1.99. The minimum Gasteiger partial charge on any atom is -0.356 e. The number of rotatable bonds is 2. The van der Waals surface area contributed by atoms with Gasteiger partial charge in [-0.2, -0.15) is 0 Å². The Morgan fingerprint density at radius 2 is 2.25 bits per heavy atom. The molecule has 1 fully saturated rings. The molecule has 0 heterocycles. The maximum Gasteiger partial charge on any atom is 0.223 e. The fraction of sp³-hybridized carbons (Fsp3) is 0.900. The van der Waals surface area contributed by atoms with Gasteiger partial charge in [0.05, 0.1) is 0 Å². The lowest BCUT2D eigenvalue weighted by Gasteiger charge is -2.25. The first-order chi connectivity index (χ1) is 5.74. The lowest BCUT2D eigenvalue weighted by atomic mass is 9.82. The van der Waals surface area contributed by atoms with E-state index in [1.54, 1.807) is 0 Å². The molecule has 1 aliphatic rings. The molecule has 2 nitrogen and oxygen atoms in total. The van der Waals surface area contributed by atoms with E-state index in [9.17, 15) is 4.79 Å². The molecule has 1 N–H and O–H groups in total. The Bertz CT molecular complexity index is 156. The highest BCUT2D eigenvalue weighted by Crippen LogP contribution is 2.28. The lowest BCUT2D eigenvalue weighted by molar-refractivity contribution is -0.126. The van der Waals surface area contributed by atoms with E-state index in [4.69, 9.17) is 0 Å². The number of nitrogens with one attached hydrogen (secondary N) is 1. The van der Waals surface area contributed by atoms with Crippen molar-refractivity contribution in [3.8, 4) is 0 Å². The Labute approximate surface area is 74.7 Å². The van der Waals surface area contributed by atoms with E-state index < -0.39 is 0 Å². The van der Waals surface area contributed by atoms with Crippen molar-refractivity contribution >= 4 is 5.91 Å². The van der Waals surface area contributed by atoms with Crippen molar-refractivity contribution in [1.82, 2.24) is 5.32 Å². The predicted molar refractivity (Wildman–Crippen MR) is 49.8 cm³/mol. The first kappa shape index (κ1) is 9.56. The first-order valence-corrected chi connectivity index (χ1v) is 5.01. The summed E-state index contributed by atoms with van der Waals surface area (Å²) in [5, 5.41) is 2.90. The second-order valence-electron chi connectivity index (χ2n) is 3.86. The van der Waals surface area contributed by atoms with Crippen molar-refractivity contribution in [1.29, 1.82) is 0 Å². The Morgan fingerprint density at radius 3 is 2.83 bits per heavy atom. The third kappa shape index (κ3) is 2.50. The SMILES string of the molecule is CCNC(=O)C1CCC[C@H](C)C1. The summed E-state index contributed by atoms with van der Waals surface area (Å²) in [6, 6.07) is 0. The van der Waals surface area contributed by atoms with Crippen LogP contribution in [0.25, 0.3) is 0 Å². The van der Waals surface area contributed by atoms with Crippen LogP contribution in [-0.2, 0) is 4.79 Å². The van der Waals surface area contributed by atoms with Gasteiger partial charge in [0, 0.05) is 12.5 Å². The summed E-state index contributed by atoms with van der Waals surface area (Å²) in [5.41, 5.74) is 0. The van der Waals surface area contributed by atoms with Crippen LogP contribution in [0.15, 0.2) is 0 Å². The quantitative estimate of drug-likeness (QED) is 0.672. The smallest absolute Gasteiger partial charge is 0.223 e. The molecule has 1 unspecified atom stereocenters. The number of carbonyl (C=O) groups excluding carboxylic acids is 1. The average Bonchev–Trinajstić information content (AvgIpc) is 2.05. The zero-order valence-corrected chi connectivity index (χ0v) is 8.10. The Hall–Kier alpha value is -0.530. The number of carbonyl (C=O) groups is 1. The summed E-state index contributed by atoms with van der Waals surface area (Å²) < 4.78 is 0. The lowest BCUT2D eigenvalue weighted by Crippen LogP contribution is -2.33. The summed E-state index contributed by atoms with van der Waals surface area (Å²) in [7, 11) is 0. The van der Waals surface area contributed by atoms with Gasteiger partial charge in [0.1, 0.15) is 0 Å². The summed E-state index contributed by atoms with van der Waals surface area (Å²) in [6.45, 7) is 4.99. The van der Waals surface area contributed by atoms with Crippen molar-refractivity contribution < 1.29 is 4.79 Å². The summed E-state index contributed by atoms with van der Waals surface area (Å²) >= 11 is 0. The van der Waals surface area contributed by atoms with E-state index in [1.165, 1.54) is 12.8 Å². The van der Waals surface area contributed by atoms with Crippen LogP contribution in [0.5, 0.6) is 0 Å². The van der Waals surface area contributed by atoms with Crippen LogP contribution in [0, 0.1) is 11.8 Å². The monoisotopic (exact) mass is 169 g/mol. The maximum absolute atomic E-state index is 11.4. The molecule has 0 spiro atoms. The second kappa shape index (κ2) is 4.48. The molecule has 0 bridgehead atoms. The molecule has 2 atom stereocenters. The van der Waals surface area contributed by atoms with E-state index in [0.717, 1.165) is 25.3 Å². The third-order valence-electron chi connectivity index (χ3n) is 2.66. The van der Waals surface area contributed by atoms with E-state index >= 15 is 0 Å². The zero-order chi connectivity index (χ0) is 8.97.